The number of esters is 1. The van der Waals surface area contributed by atoms with Gasteiger partial charge >= 0.3 is 5.97 Å². The fourth-order valence-electron chi connectivity index (χ4n) is 4.11. The molecule has 33 heavy (non-hydrogen) atoms. The predicted octanol–water partition coefficient (Wildman–Crippen LogP) is 1.82. The first-order valence-electron chi connectivity index (χ1n) is 10.5. The molecule has 172 valence electrons. The first-order valence-corrected chi connectivity index (χ1v) is 10.5. The minimum Gasteiger partial charge on any atom is -0.493 e. The molecule has 1 atom stereocenters. The van der Waals surface area contributed by atoms with Crippen LogP contribution >= 0.6 is 0 Å². The molecule has 9 heteroatoms. The first kappa shape index (κ1) is 22.3. The number of hydrogen-bond donors (Lipinski definition) is 0. The highest BCUT2D eigenvalue weighted by atomic mass is 16.5. The third-order valence-corrected chi connectivity index (χ3v) is 5.96. The molecule has 0 fully saturated rings. The van der Waals surface area contributed by atoms with Crippen LogP contribution in [0.15, 0.2) is 36.4 Å². The SMILES string of the molecule is COc1cc2c(cc1OC)CN(C(=O)COC(=O)[C@@H](C)N1C(=O)c3ccccc3C1=O)CC2. The summed E-state index contributed by atoms with van der Waals surface area (Å²) in [6, 6.07) is 8.97. The third kappa shape index (κ3) is 4.02. The number of methoxy groups -OCH3 is 2. The maximum Gasteiger partial charge on any atom is 0.329 e. The molecule has 0 saturated carbocycles. The number of benzene rings is 2. The Kier molecular flexibility index (Phi) is 6.04. The van der Waals surface area contributed by atoms with Crippen LogP contribution in [0.5, 0.6) is 11.5 Å². The van der Waals surface area contributed by atoms with Crippen molar-refractivity contribution in [3.8, 4) is 11.5 Å². The molecule has 0 radical (unpaired) electrons. The van der Waals surface area contributed by atoms with E-state index in [0.717, 1.165) is 16.0 Å². The first-order chi connectivity index (χ1) is 15.8. The molecule has 0 aromatic heterocycles. The van der Waals surface area contributed by atoms with Crippen LogP contribution in [0.1, 0.15) is 38.8 Å². The van der Waals surface area contributed by atoms with E-state index >= 15 is 0 Å². The molecule has 2 aliphatic heterocycles. The third-order valence-electron chi connectivity index (χ3n) is 5.96. The molecule has 0 aliphatic carbocycles. The van der Waals surface area contributed by atoms with Crippen LogP contribution in [0.2, 0.25) is 0 Å². The van der Waals surface area contributed by atoms with Gasteiger partial charge in [-0.25, -0.2) is 4.79 Å². The zero-order valence-corrected chi connectivity index (χ0v) is 18.6. The van der Waals surface area contributed by atoms with E-state index in [-0.39, 0.29) is 17.0 Å². The van der Waals surface area contributed by atoms with Gasteiger partial charge in [0.05, 0.1) is 25.3 Å². The normalized spacial score (nSPS) is 15.6. The molecule has 2 aromatic carbocycles. The van der Waals surface area contributed by atoms with E-state index < -0.39 is 30.4 Å². The molecule has 9 nitrogen and oxygen atoms in total. The smallest absolute Gasteiger partial charge is 0.329 e. The predicted molar refractivity (Wildman–Crippen MR) is 116 cm³/mol. The van der Waals surface area contributed by atoms with Crippen molar-refractivity contribution in [3.63, 3.8) is 0 Å². The van der Waals surface area contributed by atoms with Crippen LogP contribution in [0.4, 0.5) is 0 Å². The second kappa shape index (κ2) is 8.93. The van der Waals surface area contributed by atoms with Crippen LogP contribution in [0.25, 0.3) is 0 Å². The molecule has 2 aromatic rings. The zero-order valence-electron chi connectivity index (χ0n) is 18.6. The van der Waals surface area contributed by atoms with Gasteiger partial charge in [0.15, 0.2) is 18.1 Å². The summed E-state index contributed by atoms with van der Waals surface area (Å²) >= 11 is 0. The summed E-state index contributed by atoms with van der Waals surface area (Å²) in [6.07, 6.45) is 0.626. The lowest BCUT2D eigenvalue weighted by Crippen LogP contribution is -2.45. The van der Waals surface area contributed by atoms with Crippen molar-refractivity contribution < 1.29 is 33.4 Å². The molecule has 0 spiro atoms. The summed E-state index contributed by atoms with van der Waals surface area (Å²) < 4.78 is 15.8. The summed E-state index contributed by atoms with van der Waals surface area (Å²) in [4.78, 5) is 52.8. The van der Waals surface area contributed by atoms with Gasteiger partial charge in [0.2, 0.25) is 0 Å². The number of carbonyl (C=O) groups excluding carboxylic acids is 4. The van der Waals surface area contributed by atoms with Gasteiger partial charge in [-0.05, 0) is 48.7 Å². The van der Waals surface area contributed by atoms with E-state index in [1.165, 1.54) is 19.1 Å². The molecule has 0 saturated heterocycles. The Morgan fingerprint density at radius 1 is 0.970 bits per heavy atom. The topological polar surface area (TPSA) is 102 Å². The average molecular weight is 452 g/mol. The Labute approximate surface area is 190 Å². The summed E-state index contributed by atoms with van der Waals surface area (Å²) in [5.41, 5.74) is 2.49. The summed E-state index contributed by atoms with van der Waals surface area (Å²) in [6.45, 7) is 1.74. The van der Waals surface area contributed by atoms with Crippen molar-refractivity contribution >= 4 is 23.7 Å². The van der Waals surface area contributed by atoms with E-state index in [1.807, 2.05) is 12.1 Å². The molecule has 0 unspecified atom stereocenters. The maximum absolute atomic E-state index is 12.7. The van der Waals surface area contributed by atoms with Gasteiger partial charge in [-0.15, -0.1) is 0 Å². The number of carbonyl (C=O) groups is 4. The Morgan fingerprint density at radius 3 is 2.12 bits per heavy atom. The van der Waals surface area contributed by atoms with Crippen LogP contribution < -0.4 is 9.47 Å². The monoisotopic (exact) mass is 452 g/mol. The summed E-state index contributed by atoms with van der Waals surface area (Å²) in [5, 5.41) is 0. The minimum absolute atomic E-state index is 0.247. The quantitative estimate of drug-likeness (QED) is 0.487. The summed E-state index contributed by atoms with van der Waals surface area (Å²) in [7, 11) is 3.12. The van der Waals surface area contributed by atoms with Gasteiger partial charge in [0, 0.05) is 13.1 Å². The second-order valence-electron chi connectivity index (χ2n) is 7.85. The van der Waals surface area contributed by atoms with E-state index in [4.69, 9.17) is 14.2 Å². The zero-order chi connectivity index (χ0) is 23.7. The largest absolute Gasteiger partial charge is 0.493 e. The molecular formula is C24H24N2O7. The van der Waals surface area contributed by atoms with Crippen LogP contribution in [0, 0.1) is 0 Å². The molecule has 0 bridgehead atoms. The van der Waals surface area contributed by atoms with Crippen LogP contribution in [-0.2, 0) is 27.3 Å². The molecule has 0 N–H and O–H groups in total. The van der Waals surface area contributed by atoms with Crippen molar-refractivity contribution in [3.05, 3.63) is 58.7 Å². The fraction of sp³-hybridized carbons (Fsp3) is 0.333. The number of hydrogen-bond acceptors (Lipinski definition) is 7. The number of nitrogens with zero attached hydrogens (tertiary/aromatic N) is 2. The van der Waals surface area contributed by atoms with Crippen molar-refractivity contribution in [2.24, 2.45) is 0 Å². The number of amides is 3. The number of ether oxygens (including phenoxy) is 3. The Morgan fingerprint density at radius 2 is 1.55 bits per heavy atom. The summed E-state index contributed by atoms with van der Waals surface area (Å²) in [5.74, 6) is -1.08. The Bertz CT molecular complexity index is 1110. The van der Waals surface area contributed by atoms with Gasteiger partial charge in [-0.1, -0.05) is 12.1 Å². The highest BCUT2D eigenvalue weighted by Gasteiger charge is 2.41. The van der Waals surface area contributed by atoms with Crippen LogP contribution in [0.3, 0.4) is 0 Å². The number of imide groups is 1. The molecular weight excluding hydrogens is 428 g/mol. The number of fused-ring (bicyclic) bond motifs is 2. The fourth-order valence-corrected chi connectivity index (χ4v) is 4.11. The van der Waals surface area contributed by atoms with Crippen molar-refractivity contribution in [1.82, 2.24) is 9.80 Å². The van der Waals surface area contributed by atoms with Gasteiger partial charge in [0.25, 0.3) is 17.7 Å². The average Bonchev–Trinajstić information content (AvgIpc) is 3.10. The minimum atomic E-state index is -1.15. The van der Waals surface area contributed by atoms with E-state index in [9.17, 15) is 19.2 Å². The van der Waals surface area contributed by atoms with Gasteiger partial charge in [-0.2, -0.15) is 0 Å². The van der Waals surface area contributed by atoms with Gasteiger partial charge < -0.3 is 19.1 Å². The molecule has 2 heterocycles. The van der Waals surface area contributed by atoms with E-state index in [2.05, 4.69) is 0 Å². The van der Waals surface area contributed by atoms with Gasteiger partial charge in [0.1, 0.15) is 6.04 Å². The van der Waals surface area contributed by atoms with Crippen molar-refractivity contribution in [2.75, 3.05) is 27.4 Å². The Balaban J connectivity index is 1.37. The second-order valence-corrected chi connectivity index (χ2v) is 7.85. The van der Waals surface area contributed by atoms with Crippen molar-refractivity contribution in [1.29, 1.82) is 0 Å². The lowest BCUT2D eigenvalue weighted by Gasteiger charge is -2.29. The van der Waals surface area contributed by atoms with Crippen LogP contribution in [-0.4, -0.2) is 66.9 Å². The standard InChI is InChI=1S/C24H24N2O7/c1-14(26-22(28)17-6-4-5-7-18(17)23(26)29)24(30)33-13-21(27)25-9-8-15-10-19(31-2)20(32-3)11-16(15)12-25/h4-7,10-11,14H,8-9,12-13H2,1-3H3/t14-/m1/s1. The lowest BCUT2D eigenvalue weighted by atomic mass is 9.99. The van der Waals surface area contributed by atoms with Gasteiger partial charge in [-0.3, -0.25) is 19.3 Å². The molecule has 2 aliphatic rings. The molecule has 4 rings (SSSR count). The van der Waals surface area contributed by atoms with E-state index in [1.54, 1.807) is 31.3 Å². The highest BCUT2D eigenvalue weighted by Crippen LogP contribution is 2.33. The Hall–Kier alpha value is -3.88. The van der Waals surface area contributed by atoms with E-state index in [0.29, 0.717) is 31.0 Å². The highest BCUT2D eigenvalue weighted by molar-refractivity contribution is 6.22. The van der Waals surface area contributed by atoms with Crippen molar-refractivity contribution in [2.45, 2.75) is 25.9 Å². The molecule has 3 amide bonds. The lowest BCUT2D eigenvalue weighted by molar-refractivity contribution is -0.155. The maximum atomic E-state index is 12.7. The number of rotatable bonds is 6.